The van der Waals surface area contributed by atoms with Crippen molar-refractivity contribution in [1.82, 2.24) is 0 Å². The van der Waals surface area contributed by atoms with Crippen molar-refractivity contribution in [3.8, 4) is 0 Å². The summed E-state index contributed by atoms with van der Waals surface area (Å²) in [4.78, 5) is 31.3. The molecule has 0 aliphatic heterocycles. The molecule has 0 aromatic carbocycles. The molecule has 3 unspecified atom stereocenters. The van der Waals surface area contributed by atoms with E-state index in [9.17, 15) is 14.4 Å². The van der Waals surface area contributed by atoms with E-state index in [0.717, 1.165) is 83.0 Å². The molecule has 0 aliphatic rings. The Bertz CT molecular complexity index is 420. The van der Waals surface area contributed by atoms with Crippen LogP contribution in [0.2, 0.25) is 4.44 Å². The molecular weight excluding hydrogens is 551 g/mol. The normalized spacial score (nSPS) is 12.5. The first-order chi connectivity index (χ1) is 16.4. The van der Waals surface area contributed by atoms with Crippen LogP contribution in [-0.2, 0) is 14.4 Å². The summed E-state index contributed by atoms with van der Waals surface area (Å²) in [6, 6.07) is 0. The molecule has 0 aromatic heterocycles. The summed E-state index contributed by atoms with van der Waals surface area (Å²) in [7, 11) is 0. The predicted molar refractivity (Wildman–Crippen MR) is 150 cm³/mol. The van der Waals surface area contributed by atoms with Crippen LogP contribution in [0, 0.1) is 23.7 Å². The zero-order valence-corrected chi connectivity index (χ0v) is 27.4. The molecule has 6 nitrogen and oxygen atoms in total. The summed E-state index contributed by atoms with van der Waals surface area (Å²) in [5, 5.41) is 25.8. The quantitative estimate of drug-likeness (QED) is 0.154. The van der Waals surface area contributed by atoms with E-state index in [0.29, 0.717) is 0 Å². The molecule has 3 N–H and O–H groups in total. The number of rotatable bonds is 16. The van der Waals surface area contributed by atoms with E-state index in [2.05, 4.69) is 34.6 Å². The van der Waals surface area contributed by atoms with Crippen LogP contribution >= 0.6 is 0 Å². The minimum Gasteiger partial charge on any atom is -0.481 e. The van der Waals surface area contributed by atoms with Gasteiger partial charge in [0.2, 0.25) is 0 Å². The van der Waals surface area contributed by atoms with E-state index in [-0.39, 0.29) is 17.8 Å². The van der Waals surface area contributed by atoms with E-state index in [1.54, 1.807) is 0 Å². The maximum atomic E-state index is 10.4. The van der Waals surface area contributed by atoms with Gasteiger partial charge in [0.1, 0.15) is 0 Å². The van der Waals surface area contributed by atoms with Gasteiger partial charge in [0.25, 0.3) is 0 Å². The van der Waals surface area contributed by atoms with Gasteiger partial charge in [-0.25, -0.2) is 0 Å². The number of aliphatic carboxylic acids is 3. The SMILES string of the molecule is CC(C)[CH2][SnH].CCCCC(CC)C(=O)O.CCCCC(CC)C(=O)O.CCCCC(CC)C(=O)O. The third-order valence-corrected chi connectivity index (χ3v) is 8.41. The standard InChI is InChI=1S/3C8H16O2.C4H9.Sn.H/c3*1-3-5-6-7(4-2)8(9)10;1-4(2)3;;/h3*7H,3-6H2,1-2H3,(H,9,10);4H,1H2,2-3H3;;. The second kappa shape index (κ2) is 31.2. The number of carboxylic acids is 3. The van der Waals surface area contributed by atoms with Gasteiger partial charge in [-0.3, -0.25) is 14.4 Å². The Labute approximate surface area is 230 Å². The van der Waals surface area contributed by atoms with Crippen molar-refractivity contribution in [3.63, 3.8) is 0 Å². The van der Waals surface area contributed by atoms with Gasteiger partial charge >= 0.3 is 64.6 Å². The van der Waals surface area contributed by atoms with Crippen molar-refractivity contribution in [1.29, 1.82) is 0 Å². The molecule has 0 fully saturated rings. The Hall–Kier alpha value is -0.791. The van der Waals surface area contributed by atoms with Crippen molar-refractivity contribution >= 4 is 40.4 Å². The Kier molecular flexibility index (Phi) is 36.9. The molecule has 0 aliphatic carbocycles. The molecule has 0 amide bonds. The first-order valence-electron chi connectivity index (χ1n) is 13.8. The summed E-state index contributed by atoms with van der Waals surface area (Å²) in [6.07, 6.45) is 11.1. The molecule has 3 atom stereocenters. The Morgan fingerprint density at radius 1 is 0.571 bits per heavy atom. The molecule has 0 spiro atoms. The molecule has 210 valence electrons. The fourth-order valence-corrected chi connectivity index (χ4v) is 2.86. The van der Waals surface area contributed by atoms with Crippen molar-refractivity contribution < 1.29 is 29.7 Å². The zero-order chi connectivity index (χ0) is 28.2. The van der Waals surface area contributed by atoms with Crippen molar-refractivity contribution in [2.45, 2.75) is 137 Å². The van der Waals surface area contributed by atoms with Gasteiger partial charge in [-0.1, -0.05) is 80.1 Å². The average Bonchev–Trinajstić information content (AvgIpc) is 2.81. The predicted octanol–water partition coefficient (Wildman–Crippen LogP) is 7.82. The molecule has 7 heteroatoms. The molecule has 0 bridgehead atoms. The maximum absolute atomic E-state index is 10.4. The van der Waals surface area contributed by atoms with Crippen LogP contribution in [0.5, 0.6) is 0 Å². The van der Waals surface area contributed by atoms with Gasteiger partial charge in [-0.15, -0.1) is 0 Å². The Morgan fingerprint density at radius 3 is 0.857 bits per heavy atom. The van der Waals surface area contributed by atoms with E-state index in [4.69, 9.17) is 15.3 Å². The van der Waals surface area contributed by atoms with E-state index < -0.39 is 17.9 Å². The first kappa shape index (κ1) is 41.3. The van der Waals surface area contributed by atoms with Crippen LogP contribution in [0.25, 0.3) is 0 Å². The second-order valence-electron chi connectivity index (χ2n) is 9.39. The molecule has 0 heterocycles. The fraction of sp³-hybridized carbons (Fsp3) is 0.893. The summed E-state index contributed by atoms with van der Waals surface area (Å²) < 4.78 is 1.44. The number of carbonyl (C=O) groups is 3. The van der Waals surface area contributed by atoms with Crippen molar-refractivity contribution in [3.05, 3.63) is 0 Å². The Balaban J connectivity index is -0.000000188. The van der Waals surface area contributed by atoms with E-state index >= 15 is 0 Å². The monoisotopic (exact) mass is 610 g/mol. The zero-order valence-electron chi connectivity index (χ0n) is 24.1. The van der Waals surface area contributed by atoms with Crippen molar-refractivity contribution in [2.24, 2.45) is 23.7 Å². The molecule has 0 saturated heterocycles. The molecule has 2 radical (unpaired) electrons. The third kappa shape index (κ3) is 33.2. The largest absolute Gasteiger partial charge is 0.481 e. The fourth-order valence-electron chi connectivity index (χ4n) is 2.86. The Morgan fingerprint density at radius 2 is 0.771 bits per heavy atom. The first-order valence-corrected chi connectivity index (χ1v) is 16.1. The molecule has 0 rings (SSSR count). The third-order valence-electron chi connectivity index (χ3n) is 5.72. The molecule has 0 saturated carbocycles. The summed E-state index contributed by atoms with van der Waals surface area (Å²) >= 11 is 1.43. The minimum atomic E-state index is -0.643. The molecular formula is C28H58O6Sn. The van der Waals surface area contributed by atoms with Gasteiger partial charge < -0.3 is 15.3 Å². The summed E-state index contributed by atoms with van der Waals surface area (Å²) in [5.41, 5.74) is 0. The van der Waals surface area contributed by atoms with Gasteiger partial charge in [0.05, 0.1) is 17.8 Å². The number of hydrogen-bond acceptors (Lipinski definition) is 3. The maximum Gasteiger partial charge on any atom is 0.306 e. The molecule has 0 aromatic rings. The summed E-state index contributed by atoms with van der Waals surface area (Å²) in [6.45, 7) is 16.5. The summed E-state index contributed by atoms with van der Waals surface area (Å²) in [5.74, 6) is -1.32. The van der Waals surface area contributed by atoms with Crippen molar-refractivity contribution in [2.75, 3.05) is 0 Å². The smallest absolute Gasteiger partial charge is 0.306 e. The average molecular weight is 609 g/mol. The minimum absolute atomic E-state index is 0.111. The van der Waals surface area contributed by atoms with Crippen LogP contribution in [0.3, 0.4) is 0 Å². The van der Waals surface area contributed by atoms with Crippen LogP contribution in [0.4, 0.5) is 0 Å². The number of carboxylic acid groups (broad SMARTS) is 3. The van der Waals surface area contributed by atoms with Crippen LogP contribution in [-0.4, -0.2) is 55.8 Å². The second-order valence-corrected chi connectivity index (χ2v) is 10.7. The van der Waals surface area contributed by atoms with E-state index in [1.165, 1.54) is 27.0 Å². The van der Waals surface area contributed by atoms with Crippen LogP contribution < -0.4 is 0 Å². The van der Waals surface area contributed by atoms with E-state index in [1.807, 2.05) is 20.8 Å². The van der Waals surface area contributed by atoms with Gasteiger partial charge in [-0.05, 0) is 38.5 Å². The number of unbranched alkanes of at least 4 members (excludes halogenated alkanes) is 3. The number of hydrogen-bond donors (Lipinski definition) is 3. The van der Waals surface area contributed by atoms with Gasteiger partial charge in [0.15, 0.2) is 0 Å². The van der Waals surface area contributed by atoms with Crippen LogP contribution in [0.1, 0.15) is 132 Å². The topological polar surface area (TPSA) is 112 Å². The van der Waals surface area contributed by atoms with Crippen LogP contribution in [0.15, 0.2) is 0 Å². The van der Waals surface area contributed by atoms with Gasteiger partial charge in [-0.2, -0.15) is 0 Å². The van der Waals surface area contributed by atoms with Gasteiger partial charge in [0, 0.05) is 0 Å². The molecule has 35 heavy (non-hydrogen) atoms.